The third-order valence-corrected chi connectivity index (χ3v) is 6.26. The summed E-state index contributed by atoms with van der Waals surface area (Å²) in [6.07, 6.45) is 0.447. The van der Waals surface area contributed by atoms with Crippen LogP contribution in [0.5, 0.6) is 11.5 Å². The van der Waals surface area contributed by atoms with E-state index in [1.54, 1.807) is 30.3 Å². The lowest BCUT2D eigenvalue weighted by molar-refractivity contribution is 0.0472. The number of para-hydroxylation sites is 2. The van der Waals surface area contributed by atoms with E-state index in [1.165, 1.54) is 23.1 Å². The summed E-state index contributed by atoms with van der Waals surface area (Å²) in [4.78, 5) is 40.9. The van der Waals surface area contributed by atoms with E-state index in [9.17, 15) is 23.2 Å². The maximum absolute atomic E-state index is 14.4. The molecule has 218 valence electrons. The summed E-state index contributed by atoms with van der Waals surface area (Å²) in [5.74, 6) is -2.20. The van der Waals surface area contributed by atoms with E-state index >= 15 is 0 Å². The molecule has 5 rings (SSSR count). The van der Waals surface area contributed by atoms with Crippen molar-refractivity contribution < 1.29 is 27.8 Å². The SMILES string of the molecule is CCCN(C(=O)n1nnn(-c2c(F)cccc2F)c1=O)c1ccc(C(=O)OCc2ccccc2)cc1Oc1ccccc1. The molecule has 0 N–H and O–H groups in total. The number of aromatic nitrogens is 4. The molecule has 10 nitrogen and oxygen atoms in total. The number of benzene rings is 4. The van der Waals surface area contributed by atoms with Gasteiger partial charge in [0.2, 0.25) is 0 Å². The van der Waals surface area contributed by atoms with Gasteiger partial charge in [0, 0.05) is 6.54 Å². The molecule has 0 saturated carbocycles. The van der Waals surface area contributed by atoms with Crippen LogP contribution in [0.1, 0.15) is 29.3 Å². The smallest absolute Gasteiger partial charge is 0.377 e. The standard InChI is InChI=1S/C31H25F2N5O5/c1-2-18-36(30(40)38-31(41)37(34-35-38)28-24(32)14-9-15-25(28)33)26-17-16-22(19-27(26)43-23-12-7-4-8-13-23)29(39)42-20-21-10-5-3-6-11-21/h3-17,19H,2,18,20H2,1H3. The van der Waals surface area contributed by atoms with Crippen LogP contribution in [0.4, 0.5) is 19.3 Å². The minimum absolute atomic E-state index is 0.0535. The van der Waals surface area contributed by atoms with Crippen LogP contribution in [-0.2, 0) is 11.3 Å². The van der Waals surface area contributed by atoms with Gasteiger partial charge in [-0.2, -0.15) is 4.68 Å². The quantitative estimate of drug-likeness (QED) is 0.160. The van der Waals surface area contributed by atoms with Crippen molar-refractivity contribution in [2.75, 3.05) is 11.4 Å². The molecule has 0 bridgehead atoms. The zero-order valence-corrected chi connectivity index (χ0v) is 22.9. The van der Waals surface area contributed by atoms with Crippen molar-refractivity contribution in [3.63, 3.8) is 0 Å². The summed E-state index contributed by atoms with van der Waals surface area (Å²) >= 11 is 0. The number of amides is 1. The second kappa shape index (κ2) is 12.9. The minimum atomic E-state index is -1.18. The Balaban J connectivity index is 1.51. The molecule has 0 aliphatic rings. The molecule has 4 aromatic carbocycles. The Kier molecular flexibility index (Phi) is 8.66. The number of rotatable bonds is 9. The molecule has 0 saturated heterocycles. The Hall–Kier alpha value is -5.65. The van der Waals surface area contributed by atoms with Crippen molar-refractivity contribution in [2.45, 2.75) is 20.0 Å². The fourth-order valence-electron chi connectivity index (χ4n) is 4.22. The number of carbonyl (C=O) groups is 2. The van der Waals surface area contributed by atoms with Crippen LogP contribution in [-0.4, -0.2) is 38.3 Å². The number of hydrogen-bond donors (Lipinski definition) is 0. The van der Waals surface area contributed by atoms with Crippen LogP contribution in [0.2, 0.25) is 0 Å². The van der Waals surface area contributed by atoms with Gasteiger partial charge in [0.15, 0.2) is 17.4 Å². The number of ether oxygens (including phenoxy) is 2. The molecule has 0 unspecified atom stereocenters. The van der Waals surface area contributed by atoms with Crippen LogP contribution in [0, 0.1) is 11.6 Å². The van der Waals surface area contributed by atoms with E-state index in [0.717, 1.165) is 23.8 Å². The number of esters is 1. The van der Waals surface area contributed by atoms with Gasteiger partial charge in [-0.15, -0.1) is 4.68 Å². The Morgan fingerprint density at radius 1 is 0.860 bits per heavy atom. The third kappa shape index (κ3) is 6.32. The summed E-state index contributed by atoms with van der Waals surface area (Å²) in [7, 11) is 0. The van der Waals surface area contributed by atoms with Crippen LogP contribution >= 0.6 is 0 Å². The fourth-order valence-corrected chi connectivity index (χ4v) is 4.22. The van der Waals surface area contributed by atoms with Crippen molar-refractivity contribution in [1.82, 2.24) is 19.8 Å². The first-order valence-electron chi connectivity index (χ1n) is 13.3. The molecule has 0 aliphatic carbocycles. The lowest BCUT2D eigenvalue weighted by Crippen LogP contribution is -2.41. The van der Waals surface area contributed by atoms with E-state index in [2.05, 4.69) is 10.4 Å². The predicted octanol–water partition coefficient (Wildman–Crippen LogP) is 5.74. The largest absolute Gasteiger partial charge is 0.457 e. The number of halogens is 2. The van der Waals surface area contributed by atoms with Crippen LogP contribution < -0.4 is 15.3 Å². The summed E-state index contributed by atoms with van der Waals surface area (Å²) in [6, 6.07) is 24.3. The summed E-state index contributed by atoms with van der Waals surface area (Å²) < 4.78 is 41.0. The number of nitrogens with zero attached hydrogens (tertiary/aromatic N) is 5. The molecule has 0 radical (unpaired) electrons. The molecule has 1 heterocycles. The van der Waals surface area contributed by atoms with E-state index in [-0.39, 0.29) is 30.2 Å². The van der Waals surface area contributed by atoms with Crippen molar-refractivity contribution >= 4 is 17.7 Å². The third-order valence-electron chi connectivity index (χ3n) is 6.26. The molecule has 1 aromatic heterocycles. The highest BCUT2D eigenvalue weighted by Gasteiger charge is 2.27. The average Bonchev–Trinajstić information content (AvgIpc) is 3.40. The zero-order valence-electron chi connectivity index (χ0n) is 22.9. The number of hydrogen-bond acceptors (Lipinski definition) is 7. The highest BCUT2D eigenvalue weighted by atomic mass is 19.1. The molecule has 0 atom stereocenters. The molecule has 0 aliphatic heterocycles. The van der Waals surface area contributed by atoms with Gasteiger partial charge in [0.1, 0.15) is 18.0 Å². The van der Waals surface area contributed by atoms with E-state index < -0.39 is 35.0 Å². The van der Waals surface area contributed by atoms with Crippen LogP contribution in [0.3, 0.4) is 0 Å². The number of tetrazole rings is 1. The summed E-state index contributed by atoms with van der Waals surface area (Å²) in [5, 5.41) is 7.13. The van der Waals surface area contributed by atoms with Crippen molar-refractivity contribution in [3.05, 3.63) is 130 Å². The lowest BCUT2D eigenvalue weighted by Gasteiger charge is -2.24. The topological polar surface area (TPSA) is 109 Å². The number of anilines is 1. The Labute approximate surface area is 244 Å². The minimum Gasteiger partial charge on any atom is -0.457 e. The van der Waals surface area contributed by atoms with Gasteiger partial charge in [0.25, 0.3) is 0 Å². The van der Waals surface area contributed by atoms with Gasteiger partial charge < -0.3 is 9.47 Å². The van der Waals surface area contributed by atoms with Crippen molar-refractivity contribution in [2.24, 2.45) is 0 Å². The molecule has 0 spiro atoms. The van der Waals surface area contributed by atoms with Crippen LogP contribution in [0.15, 0.2) is 102 Å². The Morgan fingerprint density at radius 3 is 2.21 bits per heavy atom. The molecule has 1 amide bonds. The lowest BCUT2D eigenvalue weighted by atomic mass is 10.1. The van der Waals surface area contributed by atoms with E-state index in [1.807, 2.05) is 37.3 Å². The van der Waals surface area contributed by atoms with E-state index in [0.29, 0.717) is 21.5 Å². The van der Waals surface area contributed by atoms with Gasteiger partial charge >= 0.3 is 17.7 Å². The Bertz CT molecular complexity index is 1790. The van der Waals surface area contributed by atoms with Crippen molar-refractivity contribution in [1.29, 1.82) is 0 Å². The molecule has 5 aromatic rings. The van der Waals surface area contributed by atoms with Gasteiger partial charge in [-0.1, -0.05) is 61.5 Å². The van der Waals surface area contributed by atoms with E-state index in [4.69, 9.17) is 9.47 Å². The van der Waals surface area contributed by atoms with Gasteiger partial charge in [0.05, 0.1) is 11.3 Å². The highest BCUT2D eigenvalue weighted by Crippen LogP contribution is 2.34. The second-order valence-electron chi connectivity index (χ2n) is 9.25. The monoisotopic (exact) mass is 585 g/mol. The fraction of sp³-hybridized carbons (Fsp3) is 0.129. The second-order valence-corrected chi connectivity index (χ2v) is 9.25. The van der Waals surface area contributed by atoms with Gasteiger partial charge in [-0.05, 0) is 64.9 Å². The highest BCUT2D eigenvalue weighted by molar-refractivity contribution is 5.96. The molecular weight excluding hydrogens is 560 g/mol. The predicted molar refractivity (Wildman–Crippen MR) is 152 cm³/mol. The first-order valence-corrected chi connectivity index (χ1v) is 13.3. The molecule has 0 fully saturated rings. The maximum atomic E-state index is 14.4. The normalized spacial score (nSPS) is 10.8. The first kappa shape index (κ1) is 28.9. The molecule has 12 heteroatoms. The summed E-state index contributed by atoms with van der Waals surface area (Å²) in [5.41, 5.74) is -0.773. The van der Waals surface area contributed by atoms with Gasteiger partial charge in [-0.25, -0.2) is 23.2 Å². The zero-order chi connectivity index (χ0) is 30.3. The van der Waals surface area contributed by atoms with Crippen molar-refractivity contribution in [3.8, 4) is 17.2 Å². The molecular formula is C31H25F2N5O5. The average molecular weight is 586 g/mol. The van der Waals surface area contributed by atoms with Gasteiger partial charge in [-0.3, -0.25) is 4.90 Å². The Morgan fingerprint density at radius 2 is 1.53 bits per heavy atom. The van der Waals surface area contributed by atoms with Crippen LogP contribution in [0.25, 0.3) is 5.69 Å². The molecule has 43 heavy (non-hydrogen) atoms. The first-order chi connectivity index (χ1) is 20.9. The number of carbonyl (C=O) groups excluding carboxylic acids is 2. The summed E-state index contributed by atoms with van der Waals surface area (Å²) in [6.45, 7) is 1.95. The maximum Gasteiger partial charge on any atom is 0.377 e.